The quantitative estimate of drug-likeness (QED) is 0.804. The maximum absolute atomic E-state index is 5.57. The second-order valence-corrected chi connectivity index (χ2v) is 5.37. The maximum Gasteiger partial charge on any atom is -0.00367 e. The molecule has 84 valence electrons. The number of hydrogen-bond acceptors (Lipinski definition) is 1. The molecule has 1 unspecified atom stereocenters. The summed E-state index contributed by atoms with van der Waals surface area (Å²) in [6.45, 7) is 9.88. The van der Waals surface area contributed by atoms with E-state index in [1.807, 2.05) is 0 Å². The first-order valence-corrected chi connectivity index (χ1v) is 5.74. The van der Waals surface area contributed by atoms with Gasteiger partial charge in [-0.15, -0.1) is 0 Å². The minimum atomic E-state index is 0.321. The Morgan fingerprint density at radius 2 is 1.93 bits per heavy atom. The van der Waals surface area contributed by atoms with Crippen LogP contribution in [-0.2, 0) is 6.42 Å². The standard InChI is InChI=1S/C14H23N/c1-11(14(2,3)4)13-7-5-6-12(10-13)8-9-15/h5-7,10-11H,8-9,15H2,1-4H3. The molecule has 0 aliphatic heterocycles. The van der Waals surface area contributed by atoms with Crippen molar-refractivity contribution < 1.29 is 0 Å². The van der Waals surface area contributed by atoms with Gasteiger partial charge in [0.1, 0.15) is 0 Å². The first kappa shape index (κ1) is 12.3. The molecule has 1 aromatic rings. The molecule has 0 aliphatic rings. The Bertz CT molecular complexity index is 309. The molecule has 1 heteroatoms. The van der Waals surface area contributed by atoms with Gasteiger partial charge in [-0.2, -0.15) is 0 Å². The van der Waals surface area contributed by atoms with Gasteiger partial charge in [-0.1, -0.05) is 52.0 Å². The van der Waals surface area contributed by atoms with Crippen LogP contribution in [0.2, 0.25) is 0 Å². The molecule has 1 atom stereocenters. The maximum atomic E-state index is 5.57. The average molecular weight is 205 g/mol. The van der Waals surface area contributed by atoms with E-state index in [1.165, 1.54) is 11.1 Å². The van der Waals surface area contributed by atoms with Crippen molar-refractivity contribution in [2.24, 2.45) is 11.1 Å². The lowest BCUT2D eigenvalue weighted by atomic mass is 9.77. The van der Waals surface area contributed by atoms with E-state index in [2.05, 4.69) is 52.0 Å². The van der Waals surface area contributed by atoms with Crippen molar-refractivity contribution in [3.8, 4) is 0 Å². The highest BCUT2D eigenvalue weighted by Crippen LogP contribution is 2.34. The Morgan fingerprint density at radius 3 is 2.47 bits per heavy atom. The summed E-state index contributed by atoms with van der Waals surface area (Å²) in [4.78, 5) is 0. The van der Waals surface area contributed by atoms with Gasteiger partial charge in [-0.05, 0) is 35.4 Å². The van der Waals surface area contributed by atoms with Gasteiger partial charge in [-0.3, -0.25) is 0 Å². The van der Waals surface area contributed by atoms with Gasteiger partial charge >= 0.3 is 0 Å². The van der Waals surface area contributed by atoms with E-state index < -0.39 is 0 Å². The predicted octanol–water partition coefficient (Wildman–Crippen LogP) is 3.34. The van der Waals surface area contributed by atoms with Crippen molar-refractivity contribution >= 4 is 0 Å². The fourth-order valence-electron chi connectivity index (χ4n) is 1.68. The molecule has 2 N–H and O–H groups in total. The highest BCUT2D eigenvalue weighted by Gasteiger charge is 2.21. The minimum absolute atomic E-state index is 0.321. The van der Waals surface area contributed by atoms with Crippen LogP contribution in [0.1, 0.15) is 44.7 Å². The molecule has 0 spiro atoms. The third-order valence-electron chi connectivity index (χ3n) is 3.18. The van der Waals surface area contributed by atoms with Gasteiger partial charge in [0.15, 0.2) is 0 Å². The van der Waals surface area contributed by atoms with Gasteiger partial charge in [0, 0.05) is 0 Å². The Hall–Kier alpha value is -0.820. The van der Waals surface area contributed by atoms with Gasteiger partial charge < -0.3 is 5.73 Å². The molecule has 0 aromatic heterocycles. The first-order chi connectivity index (χ1) is 6.95. The van der Waals surface area contributed by atoms with Crippen LogP contribution in [0.3, 0.4) is 0 Å². The fourth-order valence-corrected chi connectivity index (χ4v) is 1.68. The predicted molar refractivity (Wildman–Crippen MR) is 67.1 cm³/mol. The van der Waals surface area contributed by atoms with Crippen molar-refractivity contribution in [2.75, 3.05) is 6.54 Å². The average Bonchev–Trinajstić information content (AvgIpc) is 2.16. The number of nitrogens with two attached hydrogens (primary N) is 1. The summed E-state index contributed by atoms with van der Waals surface area (Å²) in [6.07, 6.45) is 0.977. The molecule has 0 aliphatic carbocycles. The van der Waals surface area contributed by atoms with Gasteiger partial charge in [0.05, 0.1) is 0 Å². The summed E-state index contributed by atoms with van der Waals surface area (Å²) in [7, 11) is 0. The van der Waals surface area contributed by atoms with Gasteiger partial charge in [0.2, 0.25) is 0 Å². The van der Waals surface area contributed by atoms with Crippen molar-refractivity contribution in [3.63, 3.8) is 0 Å². The summed E-state index contributed by atoms with van der Waals surface area (Å²) >= 11 is 0. The largest absolute Gasteiger partial charge is 0.330 e. The minimum Gasteiger partial charge on any atom is -0.330 e. The molecule has 0 saturated carbocycles. The topological polar surface area (TPSA) is 26.0 Å². The summed E-state index contributed by atoms with van der Waals surface area (Å²) in [6, 6.07) is 8.81. The molecular weight excluding hydrogens is 182 g/mol. The Labute approximate surface area is 93.7 Å². The number of rotatable bonds is 3. The highest BCUT2D eigenvalue weighted by atomic mass is 14.5. The van der Waals surface area contributed by atoms with Crippen LogP contribution in [0.4, 0.5) is 0 Å². The van der Waals surface area contributed by atoms with E-state index in [0.717, 1.165) is 13.0 Å². The van der Waals surface area contributed by atoms with Crippen LogP contribution in [0, 0.1) is 5.41 Å². The molecule has 0 bridgehead atoms. The van der Waals surface area contributed by atoms with Crippen LogP contribution >= 0.6 is 0 Å². The molecule has 1 rings (SSSR count). The van der Waals surface area contributed by atoms with Crippen LogP contribution in [0.5, 0.6) is 0 Å². The molecule has 1 nitrogen and oxygen atoms in total. The van der Waals surface area contributed by atoms with Crippen LogP contribution in [-0.4, -0.2) is 6.54 Å². The van der Waals surface area contributed by atoms with Crippen LogP contribution in [0.25, 0.3) is 0 Å². The smallest absolute Gasteiger partial charge is 0.00367 e. The summed E-state index contributed by atoms with van der Waals surface area (Å²) in [5.41, 5.74) is 8.67. The van der Waals surface area contributed by atoms with Crippen LogP contribution in [0.15, 0.2) is 24.3 Å². The Morgan fingerprint density at radius 1 is 1.27 bits per heavy atom. The SMILES string of the molecule is CC(c1cccc(CCN)c1)C(C)(C)C. The molecule has 0 saturated heterocycles. The Kier molecular flexibility index (Phi) is 3.92. The van der Waals surface area contributed by atoms with E-state index in [0.29, 0.717) is 11.3 Å². The molecule has 0 radical (unpaired) electrons. The van der Waals surface area contributed by atoms with Gasteiger partial charge in [0.25, 0.3) is 0 Å². The van der Waals surface area contributed by atoms with Crippen LogP contribution < -0.4 is 5.73 Å². The fraction of sp³-hybridized carbons (Fsp3) is 0.571. The monoisotopic (exact) mass is 205 g/mol. The molecular formula is C14H23N. The summed E-state index contributed by atoms with van der Waals surface area (Å²) in [5, 5.41) is 0. The molecule has 0 amide bonds. The van der Waals surface area contributed by atoms with E-state index in [4.69, 9.17) is 5.73 Å². The molecule has 1 aromatic carbocycles. The van der Waals surface area contributed by atoms with Crippen molar-refractivity contribution in [1.82, 2.24) is 0 Å². The zero-order valence-electron chi connectivity index (χ0n) is 10.4. The lowest BCUT2D eigenvalue weighted by Crippen LogP contribution is -2.15. The third-order valence-corrected chi connectivity index (χ3v) is 3.18. The normalized spacial score (nSPS) is 13.9. The van der Waals surface area contributed by atoms with E-state index in [1.54, 1.807) is 0 Å². The summed E-state index contributed by atoms with van der Waals surface area (Å²) in [5.74, 6) is 0.579. The molecule has 0 fully saturated rings. The number of benzene rings is 1. The zero-order chi connectivity index (χ0) is 11.5. The second kappa shape index (κ2) is 4.80. The first-order valence-electron chi connectivity index (χ1n) is 5.74. The zero-order valence-corrected chi connectivity index (χ0v) is 10.4. The van der Waals surface area contributed by atoms with Crippen molar-refractivity contribution in [3.05, 3.63) is 35.4 Å². The molecule has 15 heavy (non-hydrogen) atoms. The van der Waals surface area contributed by atoms with E-state index >= 15 is 0 Å². The second-order valence-electron chi connectivity index (χ2n) is 5.37. The third kappa shape index (κ3) is 3.35. The Balaban J connectivity index is 2.90. The molecule has 0 heterocycles. The number of hydrogen-bond donors (Lipinski definition) is 1. The van der Waals surface area contributed by atoms with Crippen molar-refractivity contribution in [2.45, 2.75) is 40.0 Å². The summed E-state index contributed by atoms with van der Waals surface area (Å²) < 4.78 is 0. The van der Waals surface area contributed by atoms with Gasteiger partial charge in [-0.25, -0.2) is 0 Å². The lowest BCUT2D eigenvalue weighted by molar-refractivity contribution is 0.339. The lowest BCUT2D eigenvalue weighted by Gasteiger charge is -2.28. The van der Waals surface area contributed by atoms with E-state index in [-0.39, 0.29) is 0 Å². The van der Waals surface area contributed by atoms with Crippen molar-refractivity contribution in [1.29, 1.82) is 0 Å². The highest BCUT2D eigenvalue weighted by molar-refractivity contribution is 5.27. The van der Waals surface area contributed by atoms with E-state index in [9.17, 15) is 0 Å².